The molecule has 0 aliphatic carbocycles. The Labute approximate surface area is 150 Å². The van der Waals surface area contributed by atoms with Crippen LogP contribution >= 0.6 is 0 Å². The van der Waals surface area contributed by atoms with Crippen molar-refractivity contribution in [3.05, 3.63) is 0 Å². The molecule has 0 aromatic rings. The highest BCUT2D eigenvalue weighted by Crippen LogP contribution is 2.16. The number of carbonyl (C=O) groups is 2. The van der Waals surface area contributed by atoms with Crippen LogP contribution in [0.2, 0.25) is 0 Å². The Morgan fingerprint density at radius 2 is 1.88 bits per heavy atom. The Hall–Kier alpha value is -1.83. The molecule has 2 fully saturated rings. The minimum atomic E-state index is -0.254. The van der Waals surface area contributed by atoms with Crippen LogP contribution in [0.1, 0.15) is 26.2 Å². The first-order valence-corrected chi connectivity index (χ1v) is 9.16. The van der Waals surface area contributed by atoms with Crippen molar-refractivity contribution in [2.75, 3.05) is 60.0 Å². The van der Waals surface area contributed by atoms with Gasteiger partial charge in [-0.3, -0.25) is 9.59 Å². The van der Waals surface area contributed by atoms with Crippen LogP contribution in [-0.2, 0) is 14.3 Å². The van der Waals surface area contributed by atoms with Crippen LogP contribution in [0.15, 0.2) is 4.99 Å². The summed E-state index contributed by atoms with van der Waals surface area (Å²) >= 11 is 0. The third kappa shape index (κ3) is 5.59. The average molecular weight is 353 g/mol. The van der Waals surface area contributed by atoms with Crippen molar-refractivity contribution in [2.24, 2.45) is 4.99 Å². The maximum atomic E-state index is 12.4. The molecule has 8 nitrogen and oxygen atoms in total. The van der Waals surface area contributed by atoms with Gasteiger partial charge in [0.05, 0.1) is 0 Å². The van der Waals surface area contributed by atoms with Crippen molar-refractivity contribution in [3.8, 4) is 0 Å². The molecule has 1 N–H and O–H groups in total. The van der Waals surface area contributed by atoms with Gasteiger partial charge in [0.2, 0.25) is 5.91 Å². The number of guanidine groups is 1. The van der Waals surface area contributed by atoms with Gasteiger partial charge in [-0.15, -0.1) is 0 Å². The highest BCUT2D eigenvalue weighted by Gasteiger charge is 2.30. The van der Waals surface area contributed by atoms with Crippen molar-refractivity contribution < 1.29 is 14.3 Å². The van der Waals surface area contributed by atoms with Crippen LogP contribution in [0.25, 0.3) is 0 Å². The molecule has 0 bridgehead atoms. The quantitative estimate of drug-likeness (QED) is 0.545. The second kappa shape index (κ2) is 9.60. The first kappa shape index (κ1) is 19.5. The molecule has 2 aliphatic heterocycles. The molecule has 0 spiro atoms. The Morgan fingerprint density at radius 1 is 1.20 bits per heavy atom. The molecule has 0 radical (unpaired) electrons. The summed E-state index contributed by atoms with van der Waals surface area (Å²) in [4.78, 5) is 34.2. The second-order valence-corrected chi connectivity index (χ2v) is 6.67. The summed E-state index contributed by atoms with van der Waals surface area (Å²) in [6, 6.07) is 0. The van der Waals surface area contributed by atoms with E-state index in [0.29, 0.717) is 32.8 Å². The van der Waals surface area contributed by atoms with E-state index in [0.717, 1.165) is 31.8 Å². The molecular formula is C17H31N5O3. The lowest BCUT2D eigenvalue weighted by atomic mass is 10.2. The average Bonchev–Trinajstić information content (AvgIpc) is 3.15. The molecule has 0 saturated carbocycles. The number of nitrogens with zero attached hydrogens (tertiary/aromatic N) is 4. The number of amides is 2. The highest BCUT2D eigenvalue weighted by atomic mass is 16.5. The number of likely N-dealkylation sites (N-methyl/N-ethyl adjacent to an activating group) is 1. The minimum absolute atomic E-state index is 0.0250. The van der Waals surface area contributed by atoms with Crippen LogP contribution < -0.4 is 5.32 Å². The number of rotatable bonds is 5. The van der Waals surface area contributed by atoms with E-state index in [1.165, 1.54) is 0 Å². The van der Waals surface area contributed by atoms with E-state index in [4.69, 9.17) is 4.74 Å². The van der Waals surface area contributed by atoms with Gasteiger partial charge < -0.3 is 24.8 Å². The Balaban J connectivity index is 1.90. The third-order valence-corrected chi connectivity index (χ3v) is 4.49. The van der Waals surface area contributed by atoms with Gasteiger partial charge >= 0.3 is 0 Å². The van der Waals surface area contributed by atoms with Crippen molar-refractivity contribution >= 4 is 17.8 Å². The van der Waals surface area contributed by atoms with E-state index < -0.39 is 0 Å². The molecule has 2 aliphatic rings. The monoisotopic (exact) mass is 353 g/mol. The van der Waals surface area contributed by atoms with Crippen molar-refractivity contribution in [2.45, 2.75) is 32.3 Å². The lowest BCUT2D eigenvalue weighted by Gasteiger charge is -2.37. The normalized spacial score (nSPS) is 21.4. The number of hydrogen-bond acceptors (Lipinski definition) is 4. The zero-order chi connectivity index (χ0) is 18.2. The van der Waals surface area contributed by atoms with Gasteiger partial charge in [-0.2, -0.15) is 0 Å². The number of ether oxygens (including phenoxy) is 1. The largest absolute Gasteiger partial charge is 0.368 e. The molecule has 1 atom stereocenters. The number of nitrogens with one attached hydrogen (secondary N) is 1. The van der Waals surface area contributed by atoms with Crippen LogP contribution in [0.3, 0.4) is 0 Å². The first-order chi connectivity index (χ1) is 12.0. The molecule has 142 valence electrons. The van der Waals surface area contributed by atoms with Crippen LogP contribution in [-0.4, -0.2) is 98.5 Å². The van der Waals surface area contributed by atoms with Crippen LogP contribution in [0.5, 0.6) is 0 Å². The van der Waals surface area contributed by atoms with E-state index in [1.807, 2.05) is 4.90 Å². The summed E-state index contributed by atoms with van der Waals surface area (Å²) in [5.41, 5.74) is 0. The number of carbonyl (C=O) groups excluding carboxylic acids is 2. The summed E-state index contributed by atoms with van der Waals surface area (Å²) < 4.78 is 5.50. The fraction of sp³-hybridized carbons (Fsp3) is 0.824. The molecule has 1 unspecified atom stereocenters. The highest BCUT2D eigenvalue weighted by molar-refractivity contribution is 5.85. The SMILES string of the molecule is CCCNC(=NCC(=O)N(C)C)N1CCN(C(=O)C2CCCO2)CC1. The topological polar surface area (TPSA) is 77.5 Å². The van der Waals surface area contributed by atoms with E-state index in [9.17, 15) is 9.59 Å². The van der Waals surface area contributed by atoms with Gasteiger partial charge in [0.25, 0.3) is 5.91 Å². The minimum Gasteiger partial charge on any atom is -0.368 e. The van der Waals surface area contributed by atoms with Crippen molar-refractivity contribution in [1.82, 2.24) is 20.0 Å². The molecule has 0 aromatic carbocycles. The fourth-order valence-corrected chi connectivity index (χ4v) is 2.90. The van der Waals surface area contributed by atoms with Gasteiger partial charge in [0.15, 0.2) is 5.96 Å². The molecule has 25 heavy (non-hydrogen) atoms. The number of hydrogen-bond donors (Lipinski definition) is 1. The third-order valence-electron chi connectivity index (χ3n) is 4.49. The zero-order valence-electron chi connectivity index (χ0n) is 15.7. The van der Waals surface area contributed by atoms with Gasteiger partial charge in [0, 0.05) is 53.4 Å². The van der Waals surface area contributed by atoms with E-state index in [2.05, 4.69) is 22.1 Å². The Bertz CT molecular complexity index is 481. The Kier molecular flexibility index (Phi) is 7.49. The second-order valence-electron chi connectivity index (χ2n) is 6.67. The molecule has 2 rings (SSSR count). The van der Waals surface area contributed by atoms with Crippen LogP contribution in [0.4, 0.5) is 0 Å². The summed E-state index contributed by atoms with van der Waals surface area (Å²) in [7, 11) is 3.46. The predicted octanol–water partition coefficient (Wildman–Crippen LogP) is -0.247. The van der Waals surface area contributed by atoms with Gasteiger partial charge in [-0.1, -0.05) is 6.92 Å². The van der Waals surface area contributed by atoms with E-state index in [1.54, 1.807) is 19.0 Å². The zero-order valence-corrected chi connectivity index (χ0v) is 15.7. The van der Waals surface area contributed by atoms with Gasteiger partial charge in [-0.25, -0.2) is 4.99 Å². The molecule has 0 aromatic heterocycles. The summed E-state index contributed by atoms with van der Waals surface area (Å²) in [6.07, 6.45) is 2.53. The van der Waals surface area contributed by atoms with E-state index >= 15 is 0 Å². The molecule has 2 heterocycles. The smallest absolute Gasteiger partial charge is 0.251 e. The van der Waals surface area contributed by atoms with Crippen molar-refractivity contribution in [1.29, 1.82) is 0 Å². The fourth-order valence-electron chi connectivity index (χ4n) is 2.90. The summed E-state index contributed by atoms with van der Waals surface area (Å²) in [5, 5.41) is 3.31. The molecule has 2 amide bonds. The first-order valence-electron chi connectivity index (χ1n) is 9.16. The lowest BCUT2D eigenvalue weighted by molar-refractivity contribution is -0.142. The summed E-state index contributed by atoms with van der Waals surface area (Å²) in [6.45, 7) is 6.47. The lowest BCUT2D eigenvalue weighted by Crippen LogP contribution is -2.55. The van der Waals surface area contributed by atoms with Crippen LogP contribution in [0, 0.1) is 0 Å². The number of aliphatic imine (C=N–C) groups is 1. The van der Waals surface area contributed by atoms with E-state index in [-0.39, 0.29) is 24.5 Å². The molecule has 8 heteroatoms. The van der Waals surface area contributed by atoms with Gasteiger partial charge in [-0.05, 0) is 19.3 Å². The standard InChI is InChI=1S/C17H31N5O3/c1-4-7-18-17(19-13-15(23)20(2)3)22-10-8-21(9-11-22)16(24)14-6-5-12-25-14/h14H,4-13H2,1-3H3,(H,18,19). The summed E-state index contributed by atoms with van der Waals surface area (Å²) in [5.74, 6) is 0.837. The van der Waals surface area contributed by atoms with Crippen molar-refractivity contribution in [3.63, 3.8) is 0 Å². The maximum Gasteiger partial charge on any atom is 0.251 e. The molecular weight excluding hydrogens is 322 g/mol. The number of piperazine rings is 1. The van der Waals surface area contributed by atoms with Gasteiger partial charge in [0.1, 0.15) is 12.6 Å². The maximum absolute atomic E-state index is 12.4. The Morgan fingerprint density at radius 3 is 2.44 bits per heavy atom. The molecule has 2 saturated heterocycles. The predicted molar refractivity (Wildman–Crippen MR) is 96.4 cm³/mol.